The van der Waals surface area contributed by atoms with E-state index in [1.165, 1.54) is 55.6 Å². The Morgan fingerprint density at radius 1 is 0.338 bits per heavy atom. The Labute approximate surface area is 475 Å². The fourth-order valence-electron chi connectivity index (χ4n) is 12.3. The maximum absolute atomic E-state index is 7.54. The summed E-state index contributed by atoms with van der Waals surface area (Å²) in [6, 6.07) is 86.5. The predicted octanol–water partition coefficient (Wildman–Crippen LogP) is 21.7. The SMILES string of the molecule is CC(C)(C)c1ccc(N(c2ccc(C(C)(C)C)cc2)c2ccc3c(c2)C(c2ccccc2)(c2ccccc2)c2cc(N(c4ccc(C(C)(C)C)cc4)c4ccc(C(C)(C)C)cc4)c4oc5cc(-c6ccccc6)ccc5c4c2-3)cc1. The summed E-state index contributed by atoms with van der Waals surface area (Å²) in [4.78, 5) is 4.90. The molecule has 80 heavy (non-hydrogen) atoms. The van der Waals surface area contributed by atoms with Gasteiger partial charge in [0.05, 0.1) is 11.1 Å². The second kappa shape index (κ2) is 19.5. The van der Waals surface area contributed by atoms with Crippen molar-refractivity contribution in [3.63, 3.8) is 0 Å². The van der Waals surface area contributed by atoms with Gasteiger partial charge in [0.15, 0.2) is 5.58 Å². The summed E-state index contributed by atoms with van der Waals surface area (Å²) >= 11 is 0. The van der Waals surface area contributed by atoms with E-state index in [2.05, 4.69) is 323 Å². The Morgan fingerprint density at radius 2 is 0.738 bits per heavy atom. The molecule has 1 aromatic heterocycles. The Hall–Kier alpha value is -8.40. The maximum atomic E-state index is 7.54. The molecule has 398 valence electrons. The monoisotopic (exact) mass is 1040 g/mol. The highest BCUT2D eigenvalue weighted by atomic mass is 16.3. The van der Waals surface area contributed by atoms with Gasteiger partial charge in [0.1, 0.15) is 5.58 Å². The summed E-state index contributed by atoms with van der Waals surface area (Å²) in [5.74, 6) is 0. The number of furan rings is 1. The lowest BCUT2D eigenvalue weighted by molar-refractivity contribution is 0.590. The first-order valence-electron chi connectivity index (χ1n) is 28.6. The number of nitrogens with zero attached hydrogens (tertiary/aromatic N) is 2. The van der Waals surface area contributed by atoms with Gasteiger partial charge in [-0.2, -0.15) is 0 Å². The zero-order valence-electron chi connectivity index (χ0n) is 48.7. The van der Waals surface area contributed by atoms with Crippen molar-refractivity contribution in [2.45, 2.75) is 110 Å². The van der Waals surface area contributed by atoms with Crippen LogP contribution in [0.25, 0.3) is 44.2 Å². The van der Waals surface area contributed by atoms with E-state index in [9.17, 15) is 0 Å². The highest BCUT2D eigenvalue weighted by molar-refractivity contribution is 6.20. The minimum atomic E-state index is -0.782. The molecule has 0 spiro atoms. The Morgan fingerprint density at radius 3 is 1.16 bits per heavy atom. The molecule has 0 radical (unpaired) electrons. The molecule has 0 aliphatic heterocycles. The lowest BCUT2D eigenvalue weighted by Gasteiger charge is -2.36. The summed E-state index contributed by atoms with van der Waals surface area (Å²) in [7, 11) is 0. The van der Waals surface area contributed by atoms with E-state index >= 15 is 0 Å². The van der Waals surface area contributed by atoms with Gasteiger partial charge >= 0.3 is 0 Å². The van der Waals surface area contributed by atoms with Gasteiger partial charge in [0.2, 0.25) is 0 Å². The van der Waals surface area contributed by atoms with Gasteiger partial charge in [-0.3, -0.25) is 0 Å². The van der Waals surface area contributed by atoms with Crippen LogP contribution >= 0.6 is 0 Å². The third kappa shape index (κ3) is 9.11. The van der Waals surface area contributed by atoms with Crippen LogP contribution in [-0.4, -0.2) is 0 Å². The minimum absolute atomic E-state index is 0.00787. The summed E-state index contributed by atoms with van der Waals surface area (Å²) in [5, 5.41) is 2.18. The van der Waals surface area contributed by atoms with Gasteiger partial charge in [0.25, 0.3) is 0 Å². The first-order valence-corrected chi connectivity index (χ1v) is 28.6. The molecular weight excluding hydrogens is 969 g/mol. The normalized spacial score (nSPS) is 13.3. The Bertz CT molecular complexity index is 3880. The third-order valence-corrected chi connectivity index (χ3v) is 16.8. The fraction of sp³-hybridized carbons (Fsp3) is 0.221. The van der Waals surface area contributed by atoms with Crippen LogP contribution < -0.4 is 9.80 Å². The first kappa shape index (κ1) is 52.3. The van der Waals surface area contributed by atoms with Crippen molar-refractivity contribution in [1.29, 1.82) is 0 Å². The standard InChI is InChI=1S/C77H74N2O/c1-73(2,3)53-29-37-59(38-30-53)78(60-39-31-54(32-40-60)74(4,5)6)63-45-47-64-66(49-63)77(57-24-18-14-19-25-57,58-26-20-15-21-27-58)67-50-68(72-71(70(64)67)65-46-28-52(48-69(65)80-72)51-22-16-13-17-23-51)79(61-41-33-55(34-42-61)75(7,8)9)62-43-35-56(36-44-62)76(10,11)12/h13-50H,1-12H3. The molecule has 0 saturated carbocycles. The van der Waals surface area contributed by atoms with E-state index in [1.54, 1.807) is 0 Å². The molecule has 1 aliphatic rings. The molecule has 0 fully saturated rings. The molecule has 3 nitrogen and oxygen atoms in total. The van der Waals surface area contributed by atoms with Crippen LogP contribution in [0.3, 0.4) is 0 Å². The van der Waals surface area contributed by atoms with Crippen LogP contribution in [0.5, 0.6) is 0 Å². The third-order valence-electron chi connectivity index (χ3n) is 16.8. The quantitative estimate of drug-likeness (QED) is 0.144. The largest absolute Gasteiger partial charge is 0.454 e. The Kier molecular flexibility index (Phi) is 12.7. The number of anilines is 6. The van der Waals surface area contributed by atoms with Gasteiger partial charge in [-0.1, -0.05) is 235 Å². The lowest BCUT2D eigenvalue weighted by Crippen LogP contribution is -2.29. The molecule has 1 aliphatic carbocycles. The average molecular weight is 1040 g/mol. The van der Waals surface area contributed by atoms with Crippen molar-refractivity contribution in [2.24, 2.45) is 0 Å². The van der Waals surface area contributed by atoms with Crippen LogP contribution in [0.2, 0.25) is 0 Å². The molecule has 12 rings (SSSR count). The second-order valence-corrected chi connectivity index (χ2v) is 26.3. The van der Waals surface area contributed by atoms with Crippen molar-refractivity contribution < 1.29 is 4.42 Å². The number of hydrogen-bond acceptors (Lipinski definition) is 3. The van der Waals surface area contributed by atoms with E-state index in [0.29, 0.717) is 0 Å². The second-order valence-electron chi connectivity index (χ2n) is 26.3. The summed E-state index contributed by atoms with van der Waals surface area (Å²) in [6.07, 6.45) is 0. The fourth-order valence-corrected chi connectivity index (χ4v) is 12.3. The van der Waals surface area contributed by atoms with Crippen molar-refractivity contribution >= 4 is 56.1 Å². The van der Waals surface area contributed by atoms with E-state index in [1.807, 2.05) is 0 Å². The van der Waals surface area contributed by atoms with Gasteiger partial charge in [0, 0.05) is 39.2 Å². The van der Waals surface area contributed by atoms with Crippen LogP contribution in [0.15, 0.2) is 235 Å². The molecular formula is C77H74N2O. The lowest BCUT2D eigenvalue weighted by atomic mass is 9.67. The van der Waals surface area contributed by atoms with Crippen LogP contribution in [-0.2, 0) is 27.1 Å². The van der Waals surface area contributed by atoms with Crippen molar-refractivity contribution in [3.05, 3.63) is 275 Å². The van der Waals surface area contributed by atoms with E-state index in [0.717, 1.165) is 67.2 Å². The molecule has 3 heteroatoms. The van der Waals surface area contributed by atoms with Gasteiger partial charge < -0.3 is 14.2 Å². The predicted molar refractivity (Wildman–Crippen MR) is 341 cm³/mol. The molecule has 10 aromatic carbocycles. The van der Waals surface area contributed by atoms with Crippen LogP contribution in [0.4, 0.5) is 34.1 Å². The van der Waals surface area contributed by atoms with Crippen molar-refractivity contribution in [1.82, 2.24) is 0 Å². The van der Waals surface area contributed by atoms with Crippen LogP contribution in [0, 0.1) is 0 Å². The molecule has 0 unspecified atom stereocenters. The number of fused-ring (bicyclic) bond motifs is 7. The number of benzene rings is 10. The van der Waals surface area contributed by atoms with Crippen LogP contribution in [0.1, 0.15) is 128 Å². The highest BCUT2D eigenvalue weighted by Crippen LogP contribution is 2.62. The molecule has 0 bridgehead atoms. The first-order chi connectivity index (χ1) is 38.2. The zero-order valence-corrected chi connectivity index (χ0v) is 48.7. The smallest absolute Gasteiger partial charge is 0.160 e. The molecule has 0 amide bonds. The molecule has 0 saturated heterocycles. The highest BCUT2D eigenvalue weighted by Gasteiger charge is 2.49. The molecule has 1 heterocycles. The zero-order chi connectivity index (χ0) is 55.9. The topological polar surface area (TPSA) is 19.6 Å². The van der Waals surface area contributed by atoms with E-state index in [-0.39, 0.29) is 21.7 Å². The number of rotatable bonds is 9. The minimum Gasteiger partial charge on any atom is -0.454 e. The van der Waals surface area contributed by atoms with Crippen molar-refractivity contribution in [3.8, 4) is 22.3 Å². The summed E-state index contributed by atoms with van der Waals surface area (Å²) < 4.78 is 7.54. The van der Waals surface area contributed by atoms with Crippen molar-refractivity contribution in [2.75, 3.05) is 9.80 Å². The van der Waals surface area contributed by atoms with E-state index in [4.69, 9.17) is 4.42 Å². The molecule has 11 aromatic rings. The molecule has 0 N–H and O–H groups in total. The van der Waals surface area contributed by atoms with Gasteiger partial charge in [-0.25, -0.2) is 0 Å². The number of hydrogen-bond donors (Lipinski definition) is 0. The summed E-state index contributed by atoms with van der Waals surface area (Å²) in [5.41, 5.74) is 21.9. The van der Waals surface area contributed by atoms with Gasteiger partial charge in [-0.15, -0.1) is 0 Å². The summed E-state index contributed by atoms with van der Waals surface area (Å²) in [6.45, 7) is 27.4. The molecule has 0 atom stereocenters. The Balaban J connectivity index is 1.21. The van der Waals surface area contributed by atoms with Gasteiger partial charge in [-0.05, 0) is 167 Å². The average Bonchev–Trinajstić information content (AvgIpc) is 2.08. The van der Waals surface area contributed by atoms with E-state index < -0.39 is 5.41 Å². The maximum Gasteiger partial charge on any atom is 0.160 e.